The Bertz CT molecular complexity index is 1390. The molecule has 3 aromatic rings. The van der Waals surface area contributed by atoms with Gasteiger partial charge in [0.15, 0.2) is 0 Å². The Labute approximate surface area is 329 Å². The van der Waals surface area contributed by atoms with E-state index in [2.05, 4.69) is 50.6 Å². The Kier molecular flexibility index (Phi) is 23.0. The molecule has 0 aliphatic rings. The second kappa shape index (κ2) is 27.4. The Balaban J connectivity index is 1.28. The molecule has 304 valence electrons. The van der Waals surface area contributed by atoms with Gasteiger partial charge in [-0.15, -0.1) is 0 Å². The van der Waals surface area contributed by atoms with Crippen molar-refractivity contribution in [2.45, 2.75) is 51.8 Å². The van der Waals surface area contributed by atoms with Crippen molar-refractivity contribution < 1.29 is 46.9 Å². The number of rotatable bonds is 31. The van der Waals surface area contributed by atoms with Crippen molar-refractivity contribution in [1.29, 1.82) is 5.26 Å². The number of methoxy groups -OCH3 is 2. The van der Waals surface area contributed by atoms with Crippen LogP contribution in [-0.4, -0.2) is 117 Å². The van der Waals surface area contributed by atoms with Crippen LogP contribution >= 0.6 is 8.53 Å². The fourth-order valence-electron chi connectivity index (χ4n) is 5.80. The molecule has 12 nitrogen and oxygen atoms in total. The van der Waals surface area contributed by atoms with E-state index in [1.165, 1.54) is 0 Å². The predicted octanol–water partition coefficient (Wildman–Crippen LogP) is 7.39. The van der Waals surface area contributed by atoms with Gasteiger partial charge in [-0.25, -0.2) is 4.67 Å². The van der Waals surface area contributed by atoms with Crippen molar-refractivity contribution in [2.75, 3.05) is 100 Å². The van der Waals surface area contributed by atoms with Crippen molar-refractivity contribution in [3.05, 3.63) is 95.6 Å². The normalized spacial score (nSPS) is 12.4. The Hall–Kier alpha value is -3.18. The highest BCUT2D eigenvalue weighted by Crippen LogP contribution is 2.46. The first-order valence-corrected chi connectivity index (χ1v) is 20.1. The minimum absolute atomic E-state index is 0.257. The summed E-state index contributed by atoms with van der Waals surface area (Å²) in [5, 5.41) is 8.85. The average Bonchev–Trinajstić information content (AvgIpc) is 3.20. The first-order chi connectivity index (χ1) is 26.9. The molecule has 0 N–H and O–H groups in total. The Morgan fingerprint density at radius 2 is 0.909 bits per heavy atom. The third-order valence-corrected chi connectivity index (χ3v) is 10.4. The second-order valence-electron chi connectivity index (χ2n) is 12.8. The molecular formula is C42H61N2O10P. The monoisotopic (exact) mass is 784 g/mol. The van der Waals surface area contributed by atoms with Gasteiger partial charge in [-0.05, 0) is 68.7 Å². The first kappa shape index (κ1) is 46.2. The lowest BCUT2D eigenvalue weighted by Crippen LogP contribution is -2.34. The summed E-state index contributed by atoms with van der Waals surface area (Å²) in [6.07, 6.45) is 0.333. The first-order valence-electron chi connectivity index (χ1n) is 19.0. The van der Waals surface area contributed by atoms with Crippen LogP contribution in [-0.2, 0) is 43.1 Å². The molecule has 1 atom stereocenters. The summed E-state index contributed by atoms with van der Waals surface area (Å²) in [5.74, 6) is 1.54. The molecule has 0 radical (unpaired) electrons. The van der Waals surface area contributed by atoms with Crippen LogP contribution in [0.5, 0.6) is 11.5 Å². The molecule has 0 bridgehead atoms. The molecule has 0 saturated carbocycles. The van der Waals surface area contributed by atoms with E-state index in [0.29, 0.717) is 92.3 Å². The van der Waals surface area contributed by atoms with Crippen LogP contribution in [0.15, 0.2) is 78.9 Å². The van der Waals surface area contributed by atoms with Crippen molar-refractivity contribution in [3.8, 4) is 17.6 Å². The number of nitriles is 1. The molecule has 0 spiro atoms. The second-order valence-corrected chi connectivity index (χ2v) is 14.2. The van der Waals surface area contributed by atoms with Gasteiger partial charge in [-0.1, -0.05) is 54.6 Å². The smallest absolute Gasteiger partial charge is 0.259 e. The molecule has 1 unspecified atom stereocenters. The molecule has 0 fully saturated rings. The van der Waals surface area contributed by atoms with E-state index < -0.39 is 14.1 Å². The highest BCUT2D eigenvalue weighted by molar-refractivity contribution is 7.44. The average molecular weight is 785 g/mol. The SMILES string of the molecule is COc1ccc(C(OCCOCCOCCOCCOCCOCCOP(OCCC#N)N(C(C)C)C(C)C)(c2ccccc2)c2ccc(OC)cc2)cc1. The highest BCUT2D eigenvalue weighted by Gasteiger charge is 2.38. The van der Waals surface area contributed by atoms with Crippen LogP contribution in [0.1, 0.15) is 50.8 Å². The van der Waals surface area contributed by atoms with Gasteiger partial charge in [0.05, 0.1) is 113 Å². The molecule has 0 aromatic heterocycles. The molecule has 0 heterocycles. The van der Waals surface area contributed by atoms with E-state index in [0.717, 1.165) is 28.2 Å². The fraction of sp³-hybridized carbons (Fsp3) is 0.548. The Morgan fingerprint density at radius 3 is 1.31 bits per heavy atom. The summed E-state index contributed by atoms with van der Waals surface area (Å²) in [7, 11) is 2.05. The van der Waals surface area contributed by atoms with Gasteiger partial charge in [0.2, 0.25) is 0 Å². The van der Waals surface area contributed by atoms with E-state index in [4.69, 9.17) is 52.2 Å². The third kappa shape index (κ3) is 16.1. The largest absolute Gasteiger partial charge is 0.497 e. The van der Waals surface area contributed by atoms with Gasteiger partial charge in [0.1, 0.15) is 17.1 Å². The van der Waals surface area contributed by atoms with E-state index in [1.54, 1.807) is 14.2 Å². The van der Waals surface area contributed by atoms with Gasteiger partial charge in [0, 0.05) is 12.1 Å². The predicted molar refractivity (Wildman–Crippen MR) is 214 cm³/mol. The van der Waals surface area contributed by atoms with Crippen LogP contribution in [0.3, 0.4) is 0 Å². The van der Waals surface area contributed by atoms with E-state index >= 15 is 0 Å². The number of nitrogens with zero attached hydrogens (tertiary/aromatic N) is 2. The van der Waals surface area contributed by atoms with Crippen LogP contribution in [0.25, 0.3) is 0 Å². The summed E-state index contributed by atoms with van der Waals surface area (Å²) < 4.78 is 60.2. The standard InChI is InChI=1S/C42H61N2O10P/c1-35(2)44(36(3)4)55(53-22-10-21-43)54-34-32-51-30-28-49-26-24-47-23-25-48-27-29-50-31-33-52-42(37-11-8-7-9-12-37,38-13-17-40(45-5)18-14-38)39-15-19-41(46-6)20-16-39/h7-9,11-20,35-36H,10,22-34H2,1-6H3. The summed E-state index contributed by atoms with van der Waals surface area (Å²) >= 11 is 0. The zero-order chi connectivity index (χ0) is 39.6. The van der Waals surface area contributed by atoms with E-state index in [9.17, 15) is 0 Å². The summed E-state index contributed by atoms with van der Waals surface area (Å²) in [6.45, 7) is 14.0. The number of hydrogen-bond acceptors (Lipinski definition) is 12. The van der Waals surface area contributed by atoms with Gasteiger partial charge in [0.25, 0.3) is 8.53 Å². The van der Waals surface area contributed by atoms with Crippen molar-refractivity contribution in [1.82, 2.24) is 4.67 Å². The van der Waals surface area contributed by atoms with Crippen molar-refractivity contribution in [2.24, 2.45) is 0 Å². The van der Waals surface area contributed by atoms with Crippen LogP contribution in [0.4, 0.5) is 0 Å². The lowest BCUT2D eigenvalue weighted by atomic mass is 9.80. The Morgan fingerprint density at radius 1 is 0.527 bits per heavy atom. The molecule has 0 amide bonds. The van der Waals surface area contributed by atoms with E-state index in [1.807, 2.05) is 66.7 Å². The zero-order valence-electron chi connectivity index (χ0n) is 33.5. The van der Waals surface area contributed by atoms with Crippen molar-refractivity contribution >= 4 is 8.53 Å². The fourth-order valence-corrected chi connectivity index (χ4v) is 7.37. The minimum atomic E-state index is -1.26. The van der Waals surface area contributed by atoms with Crippen LogP contribution in [0.2, 0.25) is 0 Å². The van der Waals surface area contributed by atoms with Gasteiger partial charge in [-0.2, -0.15) is 5.26 Å². The topological polar surface area (TPSA) is 119 Å². The molecule has 3 aromatic carbocycles. The molecular weight excluding hydrogens is 723 g/mol. The number of benzene rings is 3. The van der Waals surface area contributed by atoms with Gasteiger partial charge >= 0.3 is 0 Å². The van der Waals surface area contributed by atoms with Crippen LogP contribution < -0.4 is 9.47 Å². The molecule has 13 heteroatoms. The number of hydrogen-bond donors (Lipinski definition) is 0. The maximum absolute atomic E-state index is 8.85. The van der Waals surface area contributed by atoms with E-state index in [-0.39, 0.29) is 12.1 Å². The van der Waals surface area contributed by atoms with Gasteiger partial charge < -0.3 is 46.9 Å². The molecule has 3 rings (SSSR count). The molecule has 55 heavy (non-hydrogen) atoms. The molecule has 0 saturated heterocycles. The summed E-state index contributed by atoms with van der Waals surface area (Å²) in [6, 6.07) is 28.7. The molecule has 0 aliphatic heterocycles. The quantitative estimate of drug-likeness (QED) is 0.0368. The van der Waals surface area contributed by atoms with Crippen LogP contribution in [0, 0.1) is 11.3 Å². The minimum Gasteiger partial charge on any atom is -0.497 e. The lowest BCUT2D eigenvalue weighted by molar-refractivity contribution is -0.0392. The maximum atomic E-state index is 8.85. The van der Waals surface area contributed by atoms with Crippen molar-refractivity contribution in [3.63, 3.8) is 0 Å². The highest BCUT2D eigenvalue weighted by atomic mass is 31.2. The van der Waals surface area contributed by atoms with Gasteiger partial charge in [-0.3, -0.25) is 0 Å². The molecule has 0 aliphatic carbocycles. The summed E-state index contributed by atoms with van der Waals surface area (Å²) in [4.78, 5) is 0. The number of ether oxygens (including phenoxy) is 8. The maximum Gasteiger partial charge on any atom is 0.259 e. The lowest BCUT2D eigenvalue weighted by Gasteiger charge is -2.36. The summed E-state index contributed by atoms with van der Waals surface area (Å²) in [5.41, 5.74) is 2.06. The zero-order valence-corrected chi connectivity index (χ0v) is 34.4. The third-order valence-electron chi connectivity index (χ3n) is 8.30.